The number of carbonyl (C=O) groups is 2. The van der Waals surface area contributed by atoms with E-state index in [-0.39, 0.29) is 30.8 Å². The maximum atomic E-state index is 12.3. The zero-order valence-corrected chi connectivity index (χ0v) is 17.5. The Hall–Kier alpha value is -2.13. The van der Waals surface area contributed by atoms with Crippen LogP contribution < -0.4 is 21.3 Å². The predicted octanol–water partition coefficient (Wildman–Crippen LogP) is 2.54. The molecule has 0 radical (unpaired) electrons. The van der Waals surface area contributed by atoms with Crippen molar-refractivity contribution in [2.24, 2.45) is 5.92 Å². The minimum Gasteiger partial charge on any atom is -0.389 e. The predicted molar refractivity (Wildman–Crippen MR) is 117 cm³/mol. The smallest absolute Gasteiger partial charge is 0.261 e. The molecule has 0 saturated carbocycles. The van der Waals surface area contributed by atoms with Crippen LogP contribution in [0.1, 0.15) is 22.5 Å². The number of rotatable bonds is 8. The zero-order valence-electron chi connectivity index (χ0n) is 15.9. The fourth-order valence-electron chi connectivity index (χ4n) is 3.04. The summed E-state index contributed by atoms with van der Waals surface area (Å²) in [4.78, 5) is 24.7. The van der Waals surface area contributed by atoms with Crippen LogP contribution in [0.3, 0.4) is 0 Å². The SMILES string of the molecule is O=C(NCC(O)CNc1ccc(NC(=O)C2CCNCC2)cc1)c1ccc(Cl)s1. The van der Waals surface area contributed by atoms with Crippen molar-refractivity contribution < 1.29 is 14.7 Å². The number of halogens is 1. The van der Waals surface area contributed by atoms with Gasteiger partial charge >= 0.3 is 0 Å². The number of aliphatic hydroxyl groups excluding tert-OH is 1. The molecule has 2 aromatic rings. The summed E-state index contributed by atoms with van der Waals surface area (Å²) in [5, 5.41) is 22.1. The number of benzene rings is 1. The van der Waals surface area contributed by atoms with Gasteiger partial charge in [0.25, 0.3) is 5.91 Å². The molecule has 5 N–H and O–H groups in total. The van der Waals surface area contributed by atoms with Crippen molar-refractivity contribution in [1.29, 1.82) is 0 Å². The Kier molecular flexibility index (Phi) is 7.88. The van der Waals surface area contributed by atoms with Crippen molar-refractivity contribution >= 4 is 46.1 Å². The molecular formula is C20H25ClN4O3S. The van der Waals surface area contributed by atoms with Crippen LogP contribution in [0, 0.1) is 5.92 Å². The highest BCUT2D eigenvalue weighted by Crippen LogP contribution is 2.21. The van der Waals surface area contributed by atoms with Crippen molar-refractivity contribution in [3.05, 3.63) is 45.6 Å². The first-order chi connectivity index (χ1) is 14.0. The maximum absolute atomic E-state index is 12.3. The number of carbonyl (C=O) groups excluding carboxylic acids is 2. The molecule has 1 aliphatic heterocycles. The quantitative estimate of drug-likeness (QED) is 0.437. The lowest BCUT2D eigenvalue weighted by atomic mass is 9.97. The number of nitrogens with one attached hydrogen (secondary N) is 4. The largest absolute Gasteiger partial charge is 0.389 e. The van der Waals surface area contributed by atoms with Crippen LogP contribution in [-0.4, -0.2) is 49.2 Å². The third-order valence-electron chi connectivity index (χ3n) is 4.70. The van der Waals surface area contributed by atoms with E-state index in [1.54, 1.807) is 12.1 Å². The molecule has 1 aromatic heterocycles. The van der Waals surface area contributed by atoms with E-state index in [1.165, 1.54) is 11.3 Å². The summed E-state index contributed by atoms with van der Waals surface area (Å²) in [6.45, 7) is 2.17. The second kappa shape index (κ2) is 10.6. The third kappa shape index (κ3) is 6.71. The molecule has 0 bridgehead atoms. The summed E-state index contributed by atoms with van der Waals surface area (Å²) < 4.78 is 0.549. The van der Waals surface area contributed by atoms with Crippen LogP contribution in [0.4, 0.5) is 11.4 Å². The van der Waals surface area contributed by atoms with Gasteiger partial charge in [-0.1, -0.05) is 11.6 Å². The highest BCUT2D eigenvalue weighted by molar-refractivity contribution is 7.17. The average molecular weight is 437 g/mol. The van der Waals surface area contributed by atoms with Gasteiger partial charge in [0.15, 0.2) is 0 Å². The van der Waals surface area contributed by atoms with Crippen LogP contribution in [-0.2, 0) is 4.79 Å². The van der Waals surface area contributed by atoms with Gasteiger partial charge in [0.05, 0.1) is 15.3 Å². The number of anilines is 2. The van der Waals surface area contributed by atoms with Crippen LogP contribution in [0.25, 0.3) is 0 Å². The van der Waals surface area contributed by atoms with E-state index in [1.807, 2.05) is 24.3 Å². The van der Waals surface area contributed by atoms with Gasteiger partial charge in [-0.15, -0.1) is 11.3 Å². The fourth-order valence-corrected chi connectivity index (χ4v) is 4.00. The summed E-state index contributed by atoms with van der Waals surface area (Å²) in [6, 6.07) is 10.7. The van der Waals surface area contributed by atoms with Crippen LogP contribution in [0.5, 0.6) is 0 Å². The number of aliphatic hydroxyl groups is 1. The first-order valence-electron chi connectivity index (χ1n) is 9.58. The molecule has 7 nitrogen and oxygen atoms in total. The molecule has 156 valence electrons. The standard InChI is InChI=1S/C20H25ClN4O3S/c21-18-6-5-17(29-18)20(28)24-12-16(26)11-23-14-1-3-15(4-2-14)25-19(27)13-7-9-22-10-8-13/h1-6,13,16,22-23,26H,7-12H2,(H,24,28)(H,25,27). The van der Waals surface area contributed by atoms with Crippen LogP contribution in [0.2, 0.25) is 4.34 Å². The summed E-state index contributed by atoms with van der Waals surface area (Å²) in [5.74, 6) is -0.134. The fraction of sp³-hybridized carbons (Fsp3) is 0.400. The molecule has 1 unspecified atom stereocenters. The van der Waals surface area contributed by atoms with Crippen molar-refractivity contribution in [2.45, 2.75) is 18.9 Å². The Morgan fingerprint density at radius 2 is 1.79 bits per heavy atom. The average Bonchev–Trinajstić information content (AvgIpc) is 3.18. The lowest BCUT2D eigenvalue weighted by Crippen LogP contribution is -2.35. The summed E-state index contributed by atoms with van der Waals surface area (Å²) in [5.41, 5.74) is 1.57. The molecule has 2 amide bonds. The number of piperidine rings is 1. The minimum absolute atomic E-state index is 0.0598. The zero-order chi connectivity index (χ0) is 20.6. The van der Waals surface area contributed by atoms with Gasteiger partial charge in [-0.2, -0.15) is 0 Å². The van der Waals surface area contributed by atoms with E-state index >= 15 is 0 Å². The molecule has 1 aromatic carbocycles. The van der Waals surface area contributed by atoms with E-state index in [9.17, 15) is 14.7 Å². The van der Waals surface area contributed by atoms with E-state index in [0.29, 0.717) is 9.21 Å². The second-order valence-electron chi connectivity index (χ2n) is 6.94. The molecule has 3 rings (SSSR count). The monoisotopic (exact) mass is 436 g/mol. The van der Waals surface area contributed by atoms with E-state index in [0.717, 1.165) is 37.3 Å². The number of thiophene rings is 1. The first kappa shape index (κ1) is 21.6. The number of hydrogen-bond donors (Lipinski definition) is 5. The van der Waals surface area contributed by atoms with E-state index in [4.69, 9.17) is 11.6 Å². The molecule has 1 saturated heterocycles. The Labute approximate surface area is 178 Å². The molecule has 1 aliphatic rings. The summed E-state index contributed by atoms with van der Waals surface area (Å²) >= 11 is 7.01. The molecule has 2 heterocycles. The lowest BCUT2D eigenvalue weighted by Gasteiger charge is -2.21. The van der Waals surface area contributed by atoms with Crippen LogP contribution in [0.15, 0.2) is 36.4 Å². The van der Waals surface area contributed by atoms with Crippen molar-refractivity contribution in [1.82, 2.24) is 10.6 Å². The highest BCUT2D eigenvalue weighted by atomic mass is 35.5. The molecule has 9 heteroatoms. The number of hydrogen-bond acceptors (Lipinski definition) is 6. The van der Waals surface area contributed by atoms with Gasteiger partial charge < -0.3 is 26.4 Å². The Morgan fingerprint density at radius 1 is 1.10 bits per heavy atom. The van der Waals surface area contributed by atoms with Crippen molar-refractivity contribution in [3.8, 4) is 0 Å². The molecule has 0 aliphatic carbocycles. The van der Waals surface area contributed by atoms with Gasteiger partial charge in [0.2, 0.25) is 5.91 Å². The van der Waals surface area contributed by atoms with Crippen molar-refractivity contribution in [2.75, 3.05) is 36.8 Å². The van der Waals surface area contributed by atoms with Gasteiger partial charge in [-0.25, -0.2) is 0 Å². The molecule has 1 atom stereocenters. The van der Waals surface area contributed by atoms with Gasteiger partial charge in [0.1, 0.15) is 0 Å². The van der Waals surface area contributed by atoms with E-state index < -0.39 is 6.10 Å². The summed E-state index contributed by atoms with van der Waals surface area (Å²) in [7, 11) is 0. The molecule has 1 fully saturated rings. The number of amides is 2. The lowest BCUT2D eigenvalue weighted by molar-refractivity contribution is -0.120. The van der Waals surface area contributed by atoms with Gasteiger partial charge in [-0.05, 0) is 62.3 Å². The Balaban J connectivity index is 1.39. The second-order valence-corrected chi connectivity index (χ2v) is 8.65. The first-order valence-corrected chi connectivity index (χ1v) is 10.8. The van der Waals surface area contributed by atoms with Crippen LogP contribution >= 0.6 is 22.9 Å². The Bertz CT molecular complexity index is 821. The third-order valence-corrected chi connectivity index (χ3v) is 5.93. The Morgan fingerprint density at radius 3 is 2.45 bits per heavy atom. The highest BCUT2D eigenvalue weighted by Gasteiger charge is 2.20. The van der Waals surface area contributed by atoms with Gasteiger partial charge in [-0.3, -0.25) is 9.59 Å². The van der Waals surface area contributed by atoms with Gasteiger partial charge in [0, 0.05) is 30.4 Å². The van der Waals surface area contributed by atoms with E-state index in [2.05, 4.69) is 21.3 Å². The normalized spacial score (nSPS) is 15.5. The molecule has 0 spiro atoms. The summed E-state index contributed by atoms with van der Waals surface area (Å²) in [6.07, 6.45) is 0.979. The molecule has 29 heavy (non-hydrogen) atoms. The van der Waals surface area contributed by atoms with Crippen molar-refractivity contribution in [3.63, 3.8) is 0 Å². The maximum Gasteiger partial charge on any atom is 0.261 e. The molecular weight excluding hydrogens is 412 g/mol. The topological polar surface area (TPSA) is 102 Å². The minimum atomic E-state index is -0.742.